The van der Waals surface area contributed by atoms with Gasteiger partial charge in [-0.3, -0.25) is 0 Å². The fraction of sp³-hybridized carbons (Fsp3) is 0.700. The van der Waals surface area contributed by atoms with Crippen LogP contribution in [-0.2, 0) is 4.74 Å². The minimum Gasteiger partial charge on any atom is -0.496 e. The zero-order valence-corrected chi connectivity index (χ0v) is 15.8. The fourth-order valence-electron chi connectivity index (χ4n) is 4.43. The normalized spacial score (nSPS) is 35.0. The van der Waals surface area contributed by atoms with Crippen LogP contribution in [0.4, 0.5) is 4.39 Å². The third-order valence-corrected chi connectivity index (χ3v) is 5.83. The second-order valence-electron chi connectivity index (χ2n) is 7.62. The summed E-state index contributed by atoms with van der Waals surface area (Å²) in [5.74, 6) is 2.38. The first-order valence-electron chi connectivity index (χ1n) is 9.04. The Labute approximate surface area is 149 Å². The van der Waals surface area contributed by atoms with Gasteiger partial charge in [-0.05, 0) is 31.7 Å². The lowest BCUT2D eigenvalue weighted by atomic mass is 9.69. The molecule has 1 aliphatic carbocycles. The molecule has 0 N–H and O–H groups in total. The van der Waals surface area contributed by atoms with E-state index in [9.17, 15) is 0 Å². The molecule has 3 rings (SSSR count). The molecule has 140 valence electrons. The molecule has 1 aromatic rings. The summed E-state index contributed by atoms with van der Waals surface area (Å²) < 4.78 is 38.1. The van der Waals surface area contributed by atoms with Gasteiger partial charge in [0.1, 0.15) is 11.4 Å². The maximum absolute atomic E-state index is 15.5. The van der Waals surface area contributed by atoms with Crippen LogP contribution in [-0.4, -0.2) is 33.1 Å². The van der Waals surface area contributed by atoms with Crippen molar-refractivity contribution in [2.75, 3.05) is 21.3 Å². The van der Waals surface area contributed by atoms with Crippen LogP contribution in [0, 0.1) is 11.8 Å². The summed E-state index contributed by atoms with van der Waals surface area (Å²) in [6.07, 6.45) is 2.82. The van der Waals surface area contributed by atoms with Gasteiger partial charge in [0.2, 0.25) is 0 Å². The van der Waals surface area contributed by atoms with Crippen molar-refractivity contribution in [2.24, 2.45) is 11.8 Å². The van der Waals surface area contributed by atoms with Crippen LogP contribution < -0.4 is 14.2 Å². The first kappa shape index (κ1) is 18.3. The van der Waals surface area contributed by atoms with Crippen LogP contribution in [0.15, 0.2) is 12.1 Å². The Kier molecular flexibility index (Phi) is 5.14. The van der Waals surface area contributed by atoms with E-state index in [-0.39, 0.29) is 18.1 Å². The molecule has 5 atom stereocenters. The summed E-state index contributed by atoms with van der Waals surface area (Å²) in [6, 6.07) is 3.63. The highest BCUT2D eigenvalue weighted by molar-refractivity contribution is 5.51. The molecule has 0 amide bonds. The lowest BCUT2D eigenvalue weighted by Gasteiger charge is -2.48. The Hall–Kier alpha value is -1.49. The molecule has 2 fully saturated rings. The van der Waals surface area contributed by atoms with Gasteiger partial charge < -0.3 is 18.9 Å². The highest BCUT2D eigenvalue weighted by Crippen LogP contribution is 2.51. The quantitative estimate of drug-likeness (QED) is 0.787. The summed E-state index contributed by atoms with van der Waals surface area (Å²) in [5.41, 5.74) is -0.424. The fourth-order valence-corrected chi connectivity index (χ4v) is 4.43. The summed E-state index contributed by atoms with van der Waals surface area (Å²) in [7, 11) is 4.78. The zero-order chi connectivity index (χ0) is 18.2. The molecule has 1 unspecified atom stereocenters. The van der Waals surface area contributed by atoms with E-state index in [0.29, 0.717) is 29.6 Å². The minimum absolute atomic E-state index is 0.0221. The maximum atomic E-state index is 15.5. The average molecular weight is 352 g/mol. The van der Waals surface area contributed by atoms with Crippen molar-refractivity contribution in [1.29, 1.82) is 0 Å². The standard InChI is InChI=1S/C20H29FO4/c1-12-6-7-14-16(8-12)25-19(11-20(14,2)21)13-9-17(23-4)18(24-5)10-15(13)22-3/h9-10,12,14,16,19H,6-8,11H2,1-5H3/t12-,14-,16-,19-,20?/m1/s1. The van der Waals surface area contributed by atoms with E-state index in [2.05, 4.69) is 6.92 Å². The number of hydrogen-bond donors (Lipinski definition) is 0. The minimum atomic E-state index is -1.24. The van der Waals surface area contributed by atoms with Gasteiger partial charge in [0, 0.05) is 24.0 Å². The molecule has 0 bridgehead atoms. The Bertz CT molecular complexity index is 616. The lowest BCUT2D eigenvalue weighted by Crippen LogP contribution is -2.49. The van der Waals surface area contributed by atoms with Crippen molar-refractivity contribution in [3.05, 3.63) is 17.7 Å². The molecule has 25 heavy (non-hydrogen) atoms. The van der Waals surface area contributed by atoms with E-state index in [0.717, 1.165) is 24.8 Å². The molecular weight excluding hydrogens is 323 g/mol. The number of hydrogen-bond acceptors (Lipinski definition) is 4. The van der Waals surface area contributed by atoms with Crippen molar-refractivity contribution in [3.63, 3.8) is 0 Å². The largest absolute Gasteiger partial charge is 0.496 e. The van der Waals surface area contributed by atoms with Gasteiger partial charge >= 0.3 is 0 Å². The molecule has 4 nitrogen and oxygen atoms in total. The number of alkyl halides is 1. The van der Waals surface area contributed by atoms with Gasteiger partial charge in [-0.2, -0.15) is 0 Å². The average Bonchev–Trinajstić information content (AvgIpc) is 2.59. The van der Waals surface area contributed by atoms with Gasteiger partial charge in [-0.25, -0.2) is 4.39 Å². The van der Waals surface area contributed by atoms with E-state index in [1.807, 2.05) is 6.07 Å². The number of benzene rings is 1. The third kappa shape index (κ3) is 3.43. The second kappa shape index (κ2) is 7.02. The Morgan fingerprint density at radius 2 is 1.68 bits per heavy atom. The number of rotatable bonds is 4. The molecule has 0 aromatic heterocycles. The van der Waals surface area contributed by atoms with Crippen LogP contribution in [0.2, 0.25) is 0 Å². The zero-order valence-electron chi connectivity index (χ0n) is 15.8. The van der Waals surface area contributed by atoms with E-state index < -0.39 is 5.67 Å². The van der Waals surface area contributed by atoms with E-state index in [1.165, 1.54) is 0 Å². The molecule has 1 heterocycles. The number of ether oxygens (including phenoxy) is 4. The van der Waals surface area contributed by atoms with Gasteiger partial charge in [0.25, 0.3) is 0 Å². The van der Waals surface area contributed by atoms with Crippen molar-refractivity contribution in [2.45, 2.75) is 57.4 Å². The summed E-state index contributed by atoms with van der Waals surface area (Å²) in [6.45, 7) is 3.94. The number of fused-ring (bicyclic) bond motifs is 1. The van der Waals surface area contributed by atoms with Crippen molar-refractivity contribution in [1.82, 2.24) is 0 Å². The molecule has 5 heteroatoms. The Balaban J connectivity index is 1.95. The third-order valence-electron chi connectivity index (χ3n) is 5.83. The maximum Gasteiger partial charge on any atom is 0.164 e. The van der Waals surface area contributed by atoms with Crippen LogP contribution in [0.25, 0.3) is 0 Å². The first-order chi connectivity index (χ1) is 11.9. The Morgan fingerprint density at radius 1 is 1.04 bits per heavy atom. The predicted octanol–water partition coefficient (Wildman–Crippen LogP) is 4.71. The summed E-state index contributed by atoms with van der Waals surface area (Å²) in [5, 5.41) is 0. The van der Waals surface area contributed by atoms with E-state index in [4.69, 9.17) is 18.9 Å². The topological polar surface area (TPSA) is 36.9 Å². The van der Waals surface area contributed by atoms with E-state index in [1.54, 1.807) is 34.3 Å². The highest BCUT2D eigenvalue weighted by Gasteiger charge is 2.49. The van der Waals surface area contributed by atoms with Crippen LogP contribution in [0.1, 0.15) is 51.2 Å². The smallest absolute Gasteiger partial charge is 0.164 e. The molecule has 1 aliphatic heterocycles. The van der Waals surface area contributed by atoms with E-state index >= 15 is 4.39 Å². The second-order valence-corrected chi connectivity index (χ2v) is 7.62. The summed E-state index contributed by atoms with van der Waals surface area (Å²) in [4.78, 5) is 0. The summed E-state index contributed by atoms with van der Waals surface area (Å²) >= 11 is 0. The molecule has 1 saturated carbocycles. The van der Waals surface area contributed by atoms with Crippen LogP contribution in [0.5, 0.6) is 17.2 Å². The Morgan fingerprint density at radius 3 is 2.32 bits per heavy atom. The molecule has 1 saturated heterocycles. The monoisotopic (exact) mass is 352 g/mol. The van der Waals surface area contributed by atoms with Gasteiger partial charge in [0.05, 0.1) is 33.5 Å². The van der Waals surface area contributed by atoms with Crippen molar-refractivity contribution in [3.8, 4) is 17.2 Å². The highest BCUT2D eigenvalue weighted by atomic mass is 19.1. The first-order valence-corrected chi connectivity index (χ1v) is 9.04. The van der Waals surface area contributed by atoms with Gasteiger partial charge in [0.15, 0.2) is 11.5 Å². The predicted molar refractivity (Wildman–Crippen MR) is 94.3 cm³/mol. The molecule has 0 radical (unpaired) electrons. The van der Waals surface area contributed by atoms with Gasteiger partial charge in [-0.15, -0.1) is 0 Å². The van der Waals surface area contributed by atoms with Crippen LogP contribution >= 0.6 is 0 Å². The number of halogens is 1. The van der Waals surface area contributed by atoms with Gasteiger partial charge in [-0.1, -0.05) is 13.3 Å². The van der Waals surface area contributed by atoms with Crippen molar-refractivity contribution < 1.29 is 23.3 Å². The molecular formula is C20H29FO4. The lowest BCUT2D eigenvalue weighted by molar-refractivity contribution is -0.172. The molecule has 1 aromatic carbocycles. The SMILES string of the molecule is COc1cc(OC)c([C@H]2CC(C)(F)[C@@H]3CC[C@@H](C)C[C@H]3O2)cc1OC. The van der Waals surface area contributed by atoms with Crippen molar-refractivity contribution >= 4 is 0 Å². The van der Waals surface area contributed by atoms with Crippen LogP contribution in [0.3, 0.4) is 0 Å². The molecule has 0 spiro atoms. The number of methoxy groups -OCH3 is 3. The molecule has 2 aliphatic rings.